The van der Waals surface area contributed by atoms with E-state index >= 15 is 0 Å². The Kier molecular flexibility index (Phi) is 4.01. The fourth-order valence-corrected chi connectivity index (χ4v) is 3.60. The normalized spacial score (nSPS) is 13.5. The second kappa shape index (κ2) is 5.25. The highest BCUT2D eigenvalue weighted by Gasteiger charge is 2.14. The smallest absolute Gasteiger partial charge is 0.175 e. The standard InChI is InChI=1S/C13H14ClNO2S2/c1-8-7-11(18-13(8)14)12(15)9-3-5-10(6-4-9)19(2,16)17/h3-7,12H,15H2,1-2H3. The van der Waals surface area contributed by atoms with Crippen LogP contribution >= 0.6 is 22.9 Å². The molecule has 19 heavy (non-hydrogen) atoms. The number of hydrogen-bond donors (Lipinski definition) is 1. The SMILES string of the molecule is Cc1cc(C(N)c2ccc(S(C)(=O)=O)cc2)sc1Cl. The largest absolute Gasteiger partial charge is 0.320 e. The molecule has 1 aromatic heterocycles. The summed E-state index contributed by atoms with van der Waals surface area (Å²) < 4.78 is 23.5. The van der Waals surface area contributed by atoms with Gasteiger partial charge in [0.15, 0.2) is 9.84 Å². The maximum absolute atomic E-state index is 11.4. The average molecular weight is 316 g/mol. The molecule has 0 radical (unpaired) electrons. The zero-order valence-corrected chi connectivity index (χ0v) is 12.9. The minimum atomic E-state index is -3.17. The van der Waals surface area contributed by atoms with E-state index in [-0.39, 0.29) is 6.04 Å². The van der Waals surface area contributed by atoms with Crippen molar-refractivity contribution in [2.24, 2.45) is 5.73 Å². The molecule has 0 aliphatic rings. The Morgan fingerprint density at radius 3 is 2.26 bits per heavy atom. The summed E-state index contributed by atoms with van der Waals surface area (Å²) >= 11 is 7.48. The molecule has 0 saturated carbocycles. The van der Waals surface area contributed by atoms with Gasteiger partial charge in [-0.15, -0.1) is 11.3 Å². The quantitative estimate of drug-likeness (QED) is 0.946. The predicted molar refractivity (Wildman–Crippen MR) is 79.6 cm³/mol. The number of thiophene rings is 1. The number of hydrogen-bond acceptors (Lipinski definition) is 4. The molecule has 1 aromatic carbocycles. The van der Waals surface area contributed by atoms with Gasteiger partial charge in [-0.2, -0.15) is 0 Å². The summed E-state index contributed by atoms with van der Waals surface area (Å²) in [6.45, 7) is 1.93. The van der Waals surface area contributed by atoms with E-state index in [1.807, 2.05) is 13.0 Å². The Labute approximate surface area is 121 Å². The monoisotopic (exact) mass is 315 g/mol. The van der Waals surface area contributed by atoms with Crippen molar-refractivity contribution in [3.05, 3.63) is 50.7 Å². The van der Waals surface area contributed by atoms with Gasteiger partial charge in [0.1, 0.15) is 0 Å². The molecule has 2 aromatic rings. The van der Waals surface area contributed by atoms with E-state index in [2.05, 4.69) is 0 Å². The molecule has 0 saturated heterocycles. The summed E-state index contributed by atoms with van der Waals surface area (Å²) in [6, 6.07) is 8.31. The maximum Gasteiger partial charge on any atom is 0.175 e. The average Bonchev–Trinajstić information content (AvgIpc) is 2.68. The van der Waals surface area contributed by atoms with Gasteiger partial charge < -0.3 is 5.73 Å². The summed E-state index contributed by atoms with van der Waals surface area (Å²) in [5, 5.41) is 0. The Balaban J connectivity index is 2.32. The van der Waals surface area contributed by atoms with Crippen LogP contribution in [-0.2, 0) is 9.84 Å². The number of benzene rings is 1. The van der Waals surface area contributed by atoms with Crippen LogP contribution in [0.25, 0.3) is 0 Å². The van der Waals surface area contributed by atoms with E-state index in [1.165, 1.54) is 17.6 Å². The van der Waals surface area contributed by atoms with Gasteiger partial charge in [-0.05, 0) is 36.2 Å². The van der Waals surface area contributed by atoms with Crippen LogP contribution < -0.4 is 5.73 Å². The molecule has 0 aliphatic carbocycles. The minimum Gasteiger partial charge on any atom is -0.320 e. The molecule has 102 valence electrons. The lowest BCUT2D eigenvalue weighted by atomic mass is 10.1. The van der Waals surface area contributed by atoms with E-state index in [4.69, 9.17) is 17.3 Å². The number of aryl methyl sites for hydroxylation is 1. The van der Waals surface area contributed by atoms with Crippen molar-refractivity contribution < 1.29 is 8.42 Å². The zero-order chi connectivity index (χ0) is 14.2. The Bertz CT molecular complexity index is 670. The van der Waals surface area contributed by atoms with Crippen LogP contribution in [0, 0.1) is 6.92 Å². The molecule has 3 nitrogen and oxygen atoms in total. The lowest BCUT2D eigenvalue weighted by Gasteiger charge is -2.10. The molecule has 2 rings (SSSR count). The molecule has 0 amide bonds. The van der Waals surface area contributed by atoms with Crippen molar-refractivity contribution in [2.45, 2.75) is 17.9 Å². The Morgan fingerprint density at radius 2 is 1.84 bits per heavy atom. The van der Waals surface area contributed by atoms with E-state index in [9.17, 15) is 8.42 Å². The Morgan fingerprint density at radius 1 is 1.26 bits per heavy atom. The van der Waals surface area contributed by atoms with Crippen molar-refractivity contribution in [3.8, 4) is 0 Å². The zero-order valence-electron chi connectivity index (χ0n) is 10.6. The molecular formula is C13H14ClNO2S2. The molecule has 1 heterocycles. The number of nitrogens with two attached hydrogens (primary N) is 1. The molecule has 2 N–H and O–H groups in total. The molecular weight excluding hydrogens is 302 g/mol. The highest BCUT2D eigenvalue weighted by Crippen LogP contribution is 2.33. The van der Waals surface area contributed by atoms with Gasteiger partial charge in [-0.1, -0.05) is 23.7 Å². The van der Waals surface area contributed by atoms with Crippen LogP contribution in [0.5, 0.6) is 0 Å². The lowest BCUT2D eigenvalue weighted by Crippen LogP contribution is -2.10. The number of halogens is 1. The number of rotatable bonds is 3. The van der Waals surface area contributed by atoms with Gasteiger partial charge in [-0.25, -0.2) is 8.42 Å². The van der Waals surface area contributed by atoms with Crippen LogP contribution in [0.3, 0.4) is 0 Å². The van der Waals surface area contributed by atoms with E-state index in [0.29, 0.717) is 4.90 Å². The first kappa shape index (κ1) is 14.5. The summed E-state index contributed by atoms with van der Waals surface area (Å²) in [6.07, 6.45) is 1.18. The van der Waals surface area contributed by atoms with Crippen LogP contribution in [-0.4, -0.2) is 14.7 Å². The third-order valence-corrected chi connectivity index (χ3v) is 5.62. The van der Waals surface area contributed by atoms with Gasteiger partial charge >= 0.3 is 0 Å². The van der Waals surface area contributed by atoms with Crippen LogP contribution in [0.2, 0.25) is 4.34 Å². The van der Waals surface area contributed by atoms with Crippen LogP contribution in [0.15, 0.2) is 35.2 Å². The molecule has 0 spiro atoms. The third-order valence-electron chi connectivity index (χ3n) is 2.85. The van der Waals surface area contributed by atoms with Gasteiger partial charge in [0.2, 0.25) is 0 Å². The summed E-state index contributed by atoms with van der Waals surface area (Å²) in [7, 11) is -3.17. The van der Waals surface area contributed by atoms with Gasteiger partial charge in [0.25, 0.3) is 0 Å². The fraction of sp³-hybridized carbons (Fsp3) is 0.231. The number of sulfone groups is 1. The molecule has 1 unspecified atom stereocenters. The van der Waals surface area contributed by atoms with Crippen LogP contribution in [0.4, 0.5) is 0 Å². The minimum absolute atomic E-state index is 0.287. The van der Waals surface area contributed by atoms with E-state index in [0.717, 1.165) is 20.3 Å². The summed E-state index contributed by atoms with van der Waals surface area (Å²) in [4.78, 5) is 1.26. The van der Waals surface area contributed by atoms with Crippen molar-refractivity contribution in [2.75, 3.05) is 6.26 Å². The van der Waals surface area contributed by atoms with Crippen molar-refractivity contribution in [1.82, 2.24) is 0 Å². The first-order chi connectivity index (χ1) is 8.79. The van der Waals surface area contributed by atoms with Crippen molar-refractivity contribution >= 4 is 32.8 Å². The van der Waals surface area contributed by atoms with E-state index in [1.54, 1.807) is 24.3 Å². The topological polar surface area (TPSA) is 60.2 Å². The molecule has 0 bridgehead atoms. The molecule has 0 fully saturated rings. The van der Waals surface area contributed by atoms with E-state index < -0.39 is 9.84 Å². The second-order valence-corrected chi connectivity index (χ2v) is 8.13. The molecule has 0 aliphatic heterocycles. The lowest BCUT2D eigenvalue weighted by molar-refractivity contribution is 0.602. The predicted octanol–water partition coefficient (Wildman–Crippen LogP) is 3.16. The van der Waals surface area contributed by atoms with Crippen molar-refractivity contribution in [1.29, 1.82) is 0 Å². The second-order valence-electron chi connectivity index (χ2n) is 4.42. The molecule has 6 heteroatoms. The van der Waals surface area contributed by atoms with Crippen molar-refractivity contribution in [3.63, 3.8) is 0 Å². The maximum atomic E-state index is 11.4. The van der Waals surface area contributed by atoms with Crippen LogP contribution in [0.1, 0.15) is 22.0 Å². The first-order valence-electron chi connectivity index (χ1n) is 5.60. The fourth-order valence-electron chi connectivity index (χ4n) is 1.72. The first-order valence-corrected chi connectivity index (χ1v) is 8.69. The van der Waals surface area contributed by atoms with Gasteiger partial charge in [0.05, 0.1) is 15.3 Å². The molecule has 1 atom stereocenters. The summed E-state index contributed by atoms with van der Waals surface area (Å²) in [5.41, 5.74) is 8.03. The van der Waals surface area contributed by atoms with Gasteiger partial charge in [0, 0.05) is 11.1 Å². The summed E-state index contributed by atoms with van der Waals surface area (Å²) in [5.74, 6) is 0. The highest BCUT2D eigenvalue weighted by molar-refractivity contribution is 7.90. The highest BCUT2D eigenvalue weighted by atomic mass is 35.5. The third kappa shape index (κ3) is 3.17. The Hall–Kier alpha value is -0.880. The van der Waals surface area contributed by atoms with Gasteiger partial charge in [-0.3, -0.25) is 0 Å².